The highest BCUT2D eigenvalue weighted by atomic mass is 32.1. The number of hydrogen-bond donors (Lipinski definition) is 0. The minimum absolute atomic E-state index is 0.00943. The van der Waals surface area contributed by atoms with Crippen molar-refractivity contribution in [2.75, 3.05) is 32.8 Å². The average Bonchev–Trinajstić information content (AvgIpc) is 3.02. The molecular formula is C15H20F2N2O2S. The molecule has 2 saturated heterocycles. The predicted molar refractivity (Wildman–Crippen MR) is 80.6 cm³/mol. The highest BCUT2D eigenvalue weighted by Gasteiger charge is 2.50. The van der Waals surface area contributed by atoms with Crippen LogP contribution in [0.15, 0.2) is 16.8 Å². The normalized spacial score (nSPS) is 25.4. The van der Waals surface area contributed by atoms with Crippen molar-refractivity contribution in [2.45, 2.75) is 31.4 Å². The fourth-order valence-electron chi connectivity index (χ4n) is 3.16. The first-order chi connectivity index (χ1) is 10.5. The smallest absolute Gasteiger partial charge is 0.262 e. The minimum atomic E-state index is -2.65. The molecule has 0 spiro atoms. The Bertz CT molecular complexity index is 518. The van der Waals surface area contributed by atoms with Crippen LogP contribution in [0.25, 0.3) is 0 Å². The Kier molecular flexibility index (Phi) is 4.47. The van der Waals surface area contributed by atoms with Crippen molar-refractivity contribution < 1.29 is 18.3 Å². The molecule has 4 nitrogen and oxygen atoms in total. The molecule has 1 aromatic rings. The molecule has 2 fully saturated rings. The molecule has 0 unspecified atom stereocenters. The van der Waals surface area contributed by atoms with Crippen molar-refractivity contribution in [2.24, 2.45) is 0 Å². The lowest BCUT2D eigenvalue weighted by atomic mass is 10.0. The number of likely N-dealkylation sites (tertiary alicyclic amines) is 2. The zero-order chi connectivity index (χ0) is 15.7. The maximum atomic E-state index is 13.7. The molecule has 7 heteroatoms. The van der Waals surface area contributed by atoms with Crippen LogP contribution in [-0.2, 0) is 4.74 Å². The zero-order valence-corrected chi connectivity index (χ0v) is 13.3. The second kappa shape index (κ2) is 6.22. The van der Waals surface area contributed by atoms with Gasteiger partial charge in [-0.15, -0.1) is 0 Å². The Morgan fingerprint density at radius 2 is 2.27 bits per heavy atom. The molecule has 0 bridgehead atoms. The van der Waals surface area contributed by atoms with Crippen LogP contribution >= 0.6 is 11.3 Å². The monoisotopic (exact) mass is 330 g/mol. The van der Waals surface area contributed by atoms with Crippen LogP contribution < -0.4 is 0 Å². The molecule has 0 aliphatic carbocycles. The van der Waals surface area contributed by atoms with E-state index in [0.717, 1.165) is 0 Å². The molecule has 122 valence electrons. The second-order valence-corrected chi connectivity index (χ2v) is 6.70. The Morgan fingerprint density at radius 3 is 2.91 bits per heavy atom. The third-order valence-electron chi connectivity index (χ3n) is 4.32. The van der Waals surface area contributed by atoms with E-state index in [2.05, 4.69) is 0 Å². The fourth-order valence-corrected chi connectivity index (χ4v) is 3.79. The summed E-state index contributed by atoms with van der Waals surface area (Å²) in [5, 5.41) is 3.68. The average molecular weight is 330 g/mol. The molecule has 0 radical (unpaired) electrons. The molecule has 2 aliphatic heterocycles. The summed E-state index contributed by atoms with van der Waals surface area (Å²) in [4.78, 5) is 15.7. The van der Waals surface area contributed by atoms with Crippen molar-refractivity contribution in [3.05, 3.63) is 22.4 Å². The Hall–Kier alpha value is -1.05. The van der Waals surface area contributed by atoms with Gasteiger partial charge in [0.25, 0.3) is 11.8 Å². The summed E-state index contributed by atoms with van der Waals surface area (Å²) in [6.45, 7) is 3.54. The van der Waals surface area contributed by atoms with E-state index in [4.69, 9.17) is 4.74 Å². The van der Waals surface area contributed by atoms with Crippen LogP contribution in [-0.4, -0.2) is 66.6 Å². The van der Waals surface area contributed by atoms with E-state index in [1.54, 1.807) is 11.0 Å². The third kappa shape index (κ3) is 3.16. The number of hydrogen-bond acceptors (Lipinski definition) is 4. The summed E-state index contributed by atoms with van der Waals surface area (Å²) in [7, 11) is 0. The Balaban J connectivity index is 1.57. The van der Waals surface area contributed by atoms with Crippen molar-refractivity contribution >= 4 is 17.2 Å². The first kappa shape index (κ1) is 15.8. The molecule has 1 atom stereocenters. The van der Waals surface area contributed by atoms with Gasteiger partial charge >= 0.3 is 0 Å². The van der Waals surface area contributed by atoms with E-state index >= 15 is 0 Å². The topological polar surface area (TPSA) is 32.8 Å². The number of carbonyl (C=O) groups is 1. The van der Waals surface area contributed by atoms with Crippen LogP contribution in [0, 0.1) is 0 Å². The van der Waals surface area contributed by atoms with E-state index < -0.39 is 5.92 Å². The molecule has 0 N–H and O–H groups in total. The van der Waals surface area contributed by atoms with Gasteiger partial charge in [-0.1, -0.05) is 0 Å². The molecule has 22 heavy (non-hydrogen) atoms. The lowest BCUT2D eigenvalue weighted by Gasteiger charge is -2.45. The first-order valence-corrected chi connectivity index (χ1v) is 8.47. The van der Waals surface area contributed by atoms with Gasteiger partial charge in [-0.3, -0.25) is 9.69 Å². The van der Waals surface area contributed by atoms with Gasteiger partial charge in [-0.25, -0.2) is 8.78 Å². The standard InChI is InChI=1S/C15H20F2N2O2S/c1-2-21-8-12-5-15(16,17)10-19(12)13-6-18(7-13)14(20)11-3-4-22-9-11/h3-4,9,12-13H,2,5-8,10H2,1H3/t12-/m0/s1. The van der Waals surface area contributed by atoms with Crippen molar-refractivity contribution in [3.8, 4) is 0 Å². The van der Waals surface area contributed by atoms with Gasteiger partial charge < -0.3 is 9.64 Å². The summed E-state index contributed by atoms with van der Waals surface area (Å²) in [5.74, 6) is -2.66. The summed E-state index contributed by atoms with van der Waals surface area (Å²) in [6.07, 6.45) is -0.151. The quantitative estimate of drug-likeness (QED) is 0.831. The summed E-state index contributed by atoms with van der Waals surface area (Å²) in [5.41, 5.74) is 0.682. The Labute approximate surface area is 132 Å². The lowest BCUT2D eigenvalue weighted by Crippen LogP contribution is -2.62. The molecule has 0 aromatic carbocycles. The molecule has 1 amide bonds. The van der Waals surface area contributed by atoms with E-state index in [-0.39, 0.29) is 31.0 Å². The van der Waals surface area contributed by atoms with Gasteiger partial charge in [0.15, 0.2) is 0 Å². The molecular weight excluding hydrogens is 310 g/mol. The fraction of sp³-hybridized carbons (Fsp3) is 0.667. The number of carbonyl (C=O) groups excluding carboxylic acids is 1. The van der Waals surface area contributed by atoms with E-state index in [1.807, 2.05) is 22.6 Å². The summed E-state index contributed by atoms with van der Waals surface area (Å²) >= 11 is 1.48. The number of amides is 1. The SMILES string of the molecule is CCOC[C@@H]1CC(F)(F)CN1C1CN(C(=O)c2ccsc2)C1. The predicted octanol–water partition coefficient (Wildman–Crippen LogP) is 2.32. The molecule has 2 aliphatic rings. The van der Waals surface area contributed by atoms with Crippen molar-refractivity contribution in [3.63, 3.8) is 0 Å². The summed E-state index contributed by atoms with van der Waals surface area (Å²) < 4.78 is 32.7. The first-order valence-electron chi connectivity index (χ1n) is 7.53. The van der Waals surface area contributed by atoms with Crippen LogP contribution in [0.4, 0.5) is 8.78 Å². The van der Waals surface area contributed by atoms with Crippen molar-refractivity contribution in [1.82, 2.24) is 9.80 Å². The van der Waals surface area contributed by atoms with Crippen LogP contribution in [0.2, 0.25) is 0 Å². The number of halogens is 2. The number of rotatable bonds is 5. The highest BCUT2D eigenvalue weighted by molar-refractivity contribution is 7.08. The van der Waals surface area contributed by atoms with Gasteiger partial charge in [-0.2, -0.15) is 11.3 Å². The maximum absolute atomic E-state index is 13.7. The molecule has 1 aromatic heterocycles. The summed E-state index contributed by atoms with van der Waals surface area (Å²) in [6, 6.07) is 1.56. The molecule has 0 saturated carbocycles. The van der Waals surface area contributed by atoms with Gasteiger partial charge in [0.2, 0.25) is 0 Å². The van der Waals surface area contributed by atoms with Gasteiger partial charge in [0, 0.05) is 43.6 Å². The Morgan fingerprint density at radius 1 is 1.50 bits per heavy atom. The minimum Gasteiger partial charge on any atom is -0.380 e. The third-order valence-corrected chi connectivity index (χ3v) is 5.00. The zero-order valence-electron chi connectivity index (χ0n) is 12.5. The largest absolute Gasteiger partial charge is 0.380 e. The van der Waals surface area contributed by atoms with E-state index in [1.165, 1.54) is 11.3 Å². The van der Waals surface area contributed by atoms with Crippen molar-refractivity contribution in [1.29, 1.82) is 0 Å². The maximum Gasteiger partial charge on any atom is 0.262 e. The van der Waals surface area contributed by atoms with E-state index in [9.17, 15) is 13.6 Å². The molecule has 3 heterocycles. The second-order valence-electron chi connectivity index (χ2n) is 5.92. The van der Waals surface area contributed by atoms with Gasteiger partial charge in [-0.05, 0) is 18.4 Å². The number of alkyl halides is 2. The number of thiophene rings is 1. The van der Waals surface area contributed by atoms with Crippen LogP contribution in [0.5, 0.6) is 0 Å². The van der Waals surface area contributed by atoms with Gasteiger partial charge in [0.1, 0.15) is 0 Å². The number of ether oxygens (including phenoxy) is 1. The molecule has 3 rings (SSSR count). The van der Waals surface area contributed by atoms with Crippen LogP contribution in [0.3, 0.4) is 0 Å². The van der Waals surface area contributed by atoms with Gasteiger partial charge in [0.05, 0.1) is 18.7 Å². The van der Waals surface area contributed by atoms with E-state index in [0.29, 0.717) is 31.9 Å². The highest BCUT2D eigenvalue weighted by Crippen LogP contribution is 2.35. The number of nitrogens with zero attached hydrogens (tertiary/aromatic N) is 2. The lowest BCUT2D eigenvalue weighted by molar-refractivity contribution is -0.0148. The van der Waals surface area contributed by atoms with Crippen LogP contribution in [0.1, 0.15) is 23.7 Å².